The van der Waals surface area contributed by atoms with E-state index < -0.39 is 5.97 Å². The summed E-state index contributed by atoms with van der Waals surface area (Å²) in [6, 6.07) is 0. The summed E-state index contributed by atoms with van der Waals surface area (Å²) in [7, 11) is 2.08. The maximum Gasteiger partial charge on any atom is 0.303 e. The Balaban J connectivity index is 3.16. The second-order valence-corrected chi connectivity index (χ2v) is 4.92. The molecule has 0 aromatic heterocycles. The first-order valence-corrected chi connectivity index (χ1v) is 7.07. The van der Waals surface area contributed by atoms with Crippen molar-refractivity contribution in [2.75, 3.05) is 20.1 Å². The minimum Gasteiger partial charge on any atom is -0.481 e. The fraction of sp³-hybridized carbons (Fsp3) is 0.929. The van der Waals surface area contributed by atoms with E-state index >= 15 is 0 Å². The smallest absolute Gasteiger partial charge is 0.303 e. The number of carbonyl (C=O) groups is 1. The van der Waals surface area contributed by atoms with E-state index in [0.29, 0.717) is 6.42 Å². The third-order valence-electron chi connectivity index (χ3n) is 3.07. The normalized spacial score (nSPS) is 11.0. The van der Waals surface area contributed by atoms with Crippen molar-refractivity contribution in [2.45, 2.75) is 64.7 Å². The van der Waals surface area contributed by atoms with Gasteiger partial charge in [-0.1, -0.05) is 45.4 Å². The molecule has 0 spiro atoms. The van der Waals surface area contributed by atoms with Gasteiger partial charge >= 0.3 is 5.97 Å². The molecular formula is C14H29NO2. The molecule has 0 aliphatic rings. The molecule has 1 N–H and O–H groups in total. The topological polar surface area (TPSA) is 40.5 Å². The lowest BCUT2D eigenvalue weighted by Crippen LogP contribution is -2.21. The molecular weight excluding hydrogens is 214 g/mol. The van der Waals surface area contributed by atoms with Gasteiger partial charge in [0.15, 0.2) is 0 Å². The summed E-state index contributed by atoms with van der Waals surface area (Å²) in [5.41, 5.74) is 0. The van der Waals surface area contributed by atoms with Crippen molar-refractivity contribution < 1.29 is 9.90 Å². The lowest BCUT2D eigenvalue weighted by molar-refractivity contribution is -0.137. The van der Waals surface area contributed by atoms with Crippen LogP contribution in [0.5, 0.6) is 0 Å². The molecule has 0 aliphatic heterocycles. The first kappa shape index (κ1) is 16.4. The maximum atomic E-state index is 10.3. The highest BCUT2D eigenvalue weighted by molar-refractivity contribution is 5.66. The summed E-state index contributed by atoms with van der Waals surface area (Å²) in [5.74, 6) is -0.686. The van der Waals surface area contributed by atoms with E-state index in [0.717, 1.165) is 19.5 Å². The van der Waals surface area contributed by atoms with Gasteiger partial charge in [-0.15, -0.1) is 0 Å². The van der Waals surface area contributed by atoms with Gasteiger partial charge in [-0.05, 0) is 33.0 Å². The van der Waals surface area contributed by atoms with Crippen LogP contribution in [0.4, 0.5) is 0 Å². The average Bonchev–Trinajstić information content (AvgIpc) is 2.27. The van der Waals surface area contributed by atoms with Crippen molar-refractivity contribution in [1.29, 1.82) is 0 Å². The number of aliphatic carboxylic acids is 1. The Kier molecular flexibility index (Phi) is 11.5. The zero-order valence-corrected chi connectivity index (χ0v) is 11.6. The molecule has 0 radical (unpaired) electrons. The Bertz CT molecular complexity index is 183. The van der Waals surface area contributed by atoms with Crippen molar-refractivity contribution in [3.63, 3.8) is 0 Å². The first-order chi connectivity index (χ1) is 8.16. The molecule has 0 amide bonds. The van der Waals surface area contributed by atoms with Crippen molar-refractivity contribution in [2.24, 2.45) is 0 Å². The molecule has 0 rings (SSSR count). The second-order valence-electron chi connectivity index (χ2n) is 4.92. The zero-order chi connectivity index (χ0) is 12.9. The Hall–Kier alpha value is -0.570. The molecule has 0 aromatic carbocycles. The van der Waals surface area contributed by atoms with Crippen LogP contribution in [0, 0.1) is 0 Å². The zero-order valence-electron chi connectivity index (χ0n) is 11.6. The highest BCUT2D eigenvalue weighted by Crippen LogP contribution is 2.07. The summed E-state index contributed by atoms with van der Waals surface area (Å²) in [6.45, 7) is 4.25. The summed E-state index contributed by atoms with van der Waals surface area (Å²) in [6.07, 6.45) is 10.4. The number of carboxylic acids is 1. The van der Waals surface area contributed by atoms with Crippen LogP contribution in [0.25, 0.3) is 0 Å². The summed E-state index contributed by atoms with van der Waals surface area (Å²) in [4.78, 5) is 12.6. The van der Waals surface area contributed by atoms with Gasteiger partial charge < -0.3 is 10.0 Å². The fourth-order valence-corrected chi connectivity index (χ4v) is 1.95. The summed E-state index contributed by atoms with van der Waals surface area (Å²) < 4.78 is 0. The van der Waals surface area contributed by atoms with Crippen LogP contribution in [0.15, 0.2) is 0 Å². The number of hydrogen-bond donors (Lipinski definition) is 1. The van der Waals surface area contributed by atoms with Crippen LogP contribution in [0.2, 0.25) is 0 Å². The average molecular weight is 243 g/mol. The van der Waals surface area contributed by atoms with Crippen LogP contribution < -0.4 is 0 Å². The third kappa shape index (κ3) is 13.4. The summed E-state index contributed by atoms with van der Waals surface area (Å²) >= 11 is 0. The van der Waals surface area contributed by atoms with Gasteiger partial charge in [0.25, 0.3) is 0 Å². The van der Waals surface area contributed by atoms with Gasteiger partial charge in [-0.25, -0.2) is 0 Å². The molecule has 0 heterocycles. The van der Waals surface area contributed by atoms with Gasteiger partial charge in [0.2, 0.25) is 0 Å². The van der Waals surface area contributed by atoms with Gasteiger partial charge in [-0.2, -0.15) is 0 Å². The molecule has 0 atom stereocenters. The molecule has 0 bridgehead atoms. The van der Waals surface area contributed by atoms with E-state index in [9.17, 15) is 4.79 Å². The molecule has 3 heteroatoms. The first-order valence-electron chi connectivity index (χ1n) is 7.07. The van der Waals surface area contributed by atoms with Gasteiger partial charge in [0.1, 0.15) is 0 Å². The molecule has 102 valence electrons. The molecule has 0 fully saturated rings. The number of hydrogen-bond acceptors (Lipinski definition) is 2. The van der Waals surface area contributed by atoms with Crippen LogP contribution >= 0.6 is 0 Å². The predicted octanol–water partition coefficient (Wildman–Crippen LogP) is 3.53. The Morgan fingerprint density at radius 3 is 2.06 bits per heavy atom. The number of carboxylic acid groups (broad SMARTS) is 1. The van der Waals surface area contributed by atoms with Gasteiger partial charge in [0.05, 0.1) is 0 Å². The Morgan fingerprint density at radius 1 is 0.941 bits per heavy atom. The molecule has 0 aliphatic carbocycles. The van der Waals surface area contributed by atoms with E-state index in [2.05, 4.69) is 18.9 Å². The molecule has 0 aromatic rings. The van der Waals surface area contributed by atoms with Crippen LogP contribution in [0.3, 0.4) is 0 Å². The van der Waals surface area contributed by atoms with Crippen LogP contribution in [0.1, 0.15) is 64.7 Å². The number of rotatable bonds is 12. The summed E-state index contributed by atoms with van der Waals surface area (Å²) in [5, 5.41) is 8.52. The predicted molar refractivity (Wildman–Crippen MR) is 72.4 cm³/mol. The SMILES string of the molecule is CCCCCCCCCN(C)CCCC(=O)O. The lowest BCUT2D eigenvalue weighted by atomic mass is 10.1. The van der Waals surface area contributed by atoms with E-state index in [-0.39, 0.29) is 0 Å². The standard InChI is InChI=1S/C14H29NO2/c1-3-4-5-6-7-8-9-12-15(2)13-10-11-14(16)17/h3-13H2,1-2H3,(H,16,17). The lowest BCUT2D eigenvalue weighted by Gasteiger charge is -2.15. The Morgan fingerprint density at radius 2 is 1.47 bits per heavy atom. The monoisotopic (exact) mass is 243 g/mol. The second kappa shape index (κ2) is 11.9. The maximum absolute atomic E-state index is 10.3. The van der Waals surface area contributed by atoms with E-state index in [1.807, 2.05) is 0 Å². The van der Waals surface area contributed by atoms with Gasteiger partial charge in [-0.3, -0.25) is 4.79 Å². The van der Waals surface area contributed by atoms with E-state index in [1.54, 1.807) is 0 Å². The van der Waals surface area contributed by atoms with Crippen molar-refractivity contribution in [1.82, 2.24) is 4.90 Å². The minimum absolute atomic E-state index is 0.293. The van der Waals surface area contributed by atoms with Crippen molar-refractivity contribution in [3.05, 3.63) is 0 Å². The van der Waals surface area contributed by atoms with Crippen molar-refractivity contribution >= 4 is 5.97 Å². The molecule has 0 saturated carbocycles. The molecule has 0 unspecified atom stereocenters. The minimum atomic E-state index is -0.686. The van der Waals surface area contributed by atoms with Crippen LogP contribution in [-0.2, 0) is 4.79 Å². The molecule has 17 heavy (non-hydrogen) atoms. The van der Waals surface area contributed by atoms with E-state index in [4.69, 9.17) is 5.11 Å². The highest BCUT2D eigenvalue weighted by atomic mass is 16.4. The number of nitrogens with zero attached hydrogens (tertiary/aromatic N) is 1. The third-order valence-corrected chi connectivity index (χ3v) is 3.07. The van der Waals surface area contributed by atoms with Gasteiger partial charge in [0, 0.05) is 6.42 Å². The largest absolute Gasteiger partial charge is 0.481 e. The Labute approximate surface area is 106 Å². The molecule has 0 saturated heterocycles. The number of unbranched alkanes of at least 4 members (excludes halogenated alkanes) is 6. The van der Waals surface area contributed by atoms with Crippen LogP contribution in [-0.4, -0.2) is 36.1 Å². The van der Waals surface area contributed by atoms with Crippen molar-refractivity contribution in [3.8, 4) is 0 Å². The van der Waals surface area contributed by atoms with E-state index in [1.165, 1.54) is 44.9 Å². The quantitative estimate of drug-likeness (QED) is 0.533. The highest BCUT2D eigenvalue weighted by Gasteiger charge is 2.01. The molecule has 3 nitrogen and oxygen atoms in total. The fourth-order valence-electron chi connectivity index (χ4n) is 1.95.